The summed E-state index contributed by atoms with van der Waals surface area (Å²) >= 11 is 0. The van der Waals surface area contributed by atoms with Crippen molar-refractivity contribution < 1.29 is 4.39 Å². The van der Waals surface area contributed by atoms with Gasteiger partial charge in [0.05, 0.1) is 6.20 Å². The molecule has 0 atom stereocenters. The number of benzene rings is 1. The van der Waals surface area contributed by atoms with E-state index in [2.05, 4.69) is 10.4 Å². The monoisotopic (exact) mass is 205 g/mol. The second kappa shape index (κ2) is 3.73. The predicted octanol–water partition coefficient (Wildman–Crippen LogP) is 2.61. The van der Waals surface area contributed by atoms with Crippen LogP contribution < -0.4 is 5.32 Å². The molecule has 0 bridgehead atoms. The fraction of sp³-hybridized carbons (Fsp3) is 0.182. The third kappa shape index (κ3) is 1.98. The van der Waals surface area contributed by atoms with Gasteiger partial charge in [0.1, 0.15) is 11.6 Å². The molecule has 1 aromatic heterocycles. The van der Waals surface area contributed by atoms with Crippen LogP contribution in [0.2, 0.25) is 0 Å². The van der Waals surface area contributed by atoms with Crippen LogP contribution in [-0.4, -0.2) is 9.78 Å². The lowest BCUT2D eigenvalue weighted by molar-refractivity contribution is 0.628. The van der Waals surface area contributed by atoms with Crippen molar-refractivity contribution in [3.05, 3.63) is 41.8 Å². The Balaban J connectivity index is 2.25. The molecule has 1 aromatic carbocycles. The molecular formula is C11H12FN3. The third-order valence-electron chi connectivity index (χ3n) is 2.23. The summed E-state index contributed by atoms with van der Waals surface area (Å²) in [5.74, 6) is 0.684. The van der Waals surface area contributed by atoms with E-state index in [-0.39, 0.29) is 5.82 Å². The second-order valence-corrected chi connectivity index (χ2v) is 3.43. The maximum Gasteiger partial charge on any atom is 0.131 e. The Morgan fingerprint density at radius 2 is 1.93 bits per heavy atom. The number of rotatable bonds is 2. The molecule has 0 spiro atoms. The summed E-state index contributed by atoms with van der Waals surface area (Å²) in [4.78, 5) is 0. The topological polar surface area (TPSA) is 29.9 Å². The van der Waals surface area contributed by atoms with Crippen LogP contribution in [0.5, 0.6) is 0 Å². The van der Waals surface area contributed by atoms with E-state index in [1.54, 1.807) is 23.0 Å². The highest BCUT2D eigenvalue weighted by atomic mass is 19.1. The minimum Gasteiger partial charge on any atom is -0.340 e. The van der Waals surface area contributed by atoms with Gasteiger partial charge in [-0.15, -0.1) is 0 Å². The van der Waals surface area contributed by atoms with Crippen LogP contribution in [-0.2, 0) is 7.05 Å². The molecule has 78 valence electrons. The Bertz CT molecular complexity index is 440. The van der Waals surface area contributed by atoms with Crippen LogP contribution in [0.25, 0.3) is 0 Å². The number of nitrogens with one attached hydrogen (secondary N) is 1. The largest absolute Gasteiger partial charge is 0.340 e. The van der Waals surface area contributed by atoms with Gasteiger partial charge in [0, 0.05) is 18.3 Å². The summed E-state index contributed by atoms with van der Waals surface area (Å²) in [6, 6.07) is 6.24. The first kappa shape index (κ1) is 9.71. The molecule has 0 saturated carbocycles. The lowest BCUT2D eigenvalue weighted by Crippen LogP contribution is -2.00. The summed E-state index contributed by atoms with van der Waals surface area (Å²) in [6.07, 6.45) is 1.78. The van der Waals surface area contributed by atoms with Gasteiger partial charge >= 0.3 is 0 Å². The highest BCUT2D eigenvalue weighted by Crippen LogP contribution is 2.19. The van der Waals surface area contributed by atoms with E-state index in [4.69, 9.17) is 0 Å². The van der Waals surface area contributed by atoms with E-state index >= 15 is 0 Å². The van der Waals surface area contributed by atoms with Crippen molar-refractivity contribution in [1.82, 2.24) is 9.78 Å². The Morgan fingerprint density at radius 1 is 1.27 bits per heavy atom. The van der Waals surface area contributed by atoms with Gasteiger partial charge in [-0.3, -0.25) is 4.68 Å². The zero-order valence-electron chi connectivity index (χ0n) is 8.66. The number of aryl methyl sites for hydroxylation is 2. The zero-order chi connectivity index (χ0) is 10.8. The van der Waals surface area contributed by atoms with Gasteiger partial charge in [-0.1, -0.05) is 0 Å². The van der Waals surface area contributed by atoms with Crippen molar-refractivity contribution in [2.75, 3.05) is 5.32 Å². The van der Waals surface area contributed by atoms with Crippen LogP contribution in [0.3, 0.4) is 0 Å². The molecule has 1 heterocycles. The Kier molecular flexibility index (Phi) is 2.41. The highest BCUT2D eigenvalue weighted by molar-refractivity contribution is 5.58. The maximum atomic E-state index is 12.7. The number of aromatic nitrogens is 2. The summed E-state index contributed by atoms with van der Waals surface area (Å²) in [7, 11) is 1.86. The van der Waals surface area contributed by atoms with Gasteiger partial charge in [-0.05, 0) is 31.2 Å². The first-order valence-corrected chi connectivity index (χ1v) is 4.68. The van der Waals surface area contributed by atoms with Crippen LogP contribution in [0.1, 0.15) is 5.56 Å². The third-order valence-corrected chi connectivity index (χ3v) is 2.23. The van der Waals surface area contributed by atoms with E-state index in [9.17, 15) is 4.39 Å². The number of hydrogen-bond donors (Lipinski definition) is 1. The first-order valence-electron chi connectivity index (χ1n) is 4.68. The van der Waals surface area contributed by atoms with Crippen LogP contribution in [0.4, 0.5) is 15.9 Å². The standard InChI is InChI=1S/C11H12FN3/c1-8-7-13-15(2)11(8)14-10-5-3-9(12)4-6-10/h3-7,14H,1-2H3. The van der Waals surface area contributed by atoms with Crippen molar-refractivity contribution in [3.63, 3.8) is 0 Å². The number of nitrogens with zero attached hydrogens (tertiary/aromatic N) is 2. The van der Waals surface area contributed by atoms with E-state index in [0.29, 0.717) is 0 Å². The summed E-state index contributed by atoms with van der Waals surface area (Å²) in [5, 5.41) is 7.29. The molecule has 4 heteroatoms. The number of halogens is 1. The molecule has 15 heavy (non-hydrogen) atoms. The van der Waals surface area contributed by atoms with Gasteiger partial charge in [0.25, 0.3) is 0 Å². The molecular weight excluding hydrogens is 193 g/mol. The molecule has 0 radical (unpaired) electrons. The van der Waals surface area contributed by atoms with Crippen molar-refractivity contribution in [2.24, 2.45) is 7.05 Å². The Labute approximate surface area is 87.5 Å². The molecule has 0 saturated heterocycles. The van der Waals surface area contributed by atoms with Crippen molar-refractivity contribution in [3.8, 4) is 0 Å². The summed E-state index contributed by atoms with van der Waals surface area (Å²) in [5.41, 5.74) is 1.91. The number of anilines is 2. The van der Waals surface area contributed by atoms with Crippen molar-refractivity contribution in [2.45, 2.75) is 6.92 Å². The summed E-state index contributed by atoms with van der Waals surface area (Å²) < 4.78 is 14.4. The van der Waals surface area contributed by atoms with Crippen molar-refractivity contribution >= 4 is 11.5 Å². The molecule has 0 unspecified atom stereocenters. The Hall–Kier alpha value is -1.84. The predicted molar refractivity (Wildman–Crippen MR) is 57.6 cm³/mol. The molecule has 0 fully saturated rings. The normalized spacial score (nSPS) is 10.3. The molecule has 0 aliphatic rings. The molecule has 0 aliphatic heterocycles. The SMILES string of the molecule is Cc1cnn(C)c1Nc1ccc(F)cc1. The van der Waals surface area contributed by atoms with Gasteiger partial charge in [0.2, 0.25) is 0 Å². The van der Waals surface area contributed by atoms with Gasteiger partial charge < -0.3 is 5.32 Å². The van der Waals surface area contributed by atoms with Crippen LogP contribution in [0, 0.1) is 12.7 Å². The van der Waals surface area contributed by atoms with E-state index in [1.807, 2.05) is 14.0 Å². The molecule has 2 aromatic rings. The minimum absolute atomic E-state index is 0.234. The fourth-order valence-electron chi connectivity index (χ4n) is 1.40. The van der Waals surface area contributed by atoms with Crippen LogP contribution >= 0.6 is 0 Å². The summed E-state index contributed by atoms with van der Waals surface area (Å²) in [6.45, 7) is 1.97. The van der Waals surface area contributed by atoms with Crippen molar-refractivity contribution in [1.29, 1.82) is 0 Å². The van der Waals surface area contributed by atoms with Gasteiger partial charge in [-0.2, -0.15) is 5.10 Å². The molecule has 2 rings (SSSR count). The highest BCUT2D eigenvalue weighted by Gasteiger charge is 2.03. The molecule has 0 amide bonds. The first-order chi connectivity index (χ1) is 7.16. The minimum atomic E-state index is -0.234. The molecule has 1 N–H and O–H groups in total. The van der Waals surface area contributed by atoms with Gasteiger partial charge in [-0.25, -0.2) is 4.39 Å². The van der Waals surface area contributed by atoms with E-state index in [0.717, 1.165) is 17.1 Å². The average molecular weight is 205 g/mol. The smallest absolute Gasteiger partial charge is 0.131 e. The Morgan fingerprint density at radius 3 is 2.47 bits per heavy atom. The van der Waals surface area contributed by atoms with Crippen LogP contribution in [0.15, 0.2) is 30.5 Å². The lowest BCUT2D eigenvalue weighted by Gasteiger charge is -2.07. The van der Waals surface area contributed by atoms with Gasteiger partial charge in [0.15, 0.2) is 0 Å². The zero-order valence-corrected chi connectivity index (χ0v) is 8.66. The average Bonchev–Trinajstić information content (AvgIpc) is 2.53. The molecule has 3 nitrogen and oxygen atoms in total. The maximum absolute atomic E-state index is 12.7. The lowest BCUT2D eigenvalue weighted by atomic mass is 10.3. The van der Waals surface area contributed by atoms with E-state index < -0.39 is 0 Å². The quantitative estimate of drug-likeness (QED) is 0.816. The fourth-order valence-corrected chi connectivity index (χ4v) is 1.40. The molecule has 0 aliphatic carbocycles. The second-order valence-electron chi connectivity index (χ2n) is 3.43. The number of hydrogen-bond acceptors (Lipinski definition) is 2. The van der Waals surface area contributed by atoms with E-state index in [1.165, 1.54) is 12.1 Å².